The predicted molar refractivity (Wildman–Crippen MR) is 63.4 cm³/mol. The zero-order valence-corrected chi connectivity index (χ0v) is 10.1. The number of nitrogens with one attached hydrogen (secondary N) is 2. The number of carbonyl (C=O) groups excluding carboxylic acids is 1. The summed E-state index contributed by atoms with van der Waals surface area (Å²) in [7, 11) is 0. The Hall–Kier alpha value is -2.24. The number of aromatic nitrogens is 3. The highest BCUT2D eigenvalue weighted by atomic mass is 19.1. The third kappa shape index (κ3) is 2.53. The van der Waals surface area contributed by atoms with Crippen LogP contribution in [0.3, 0.4) is 0 Å². The van der Waals surface area contributed by atoms with Crippen LogP contribution in [-0.4, -0.2) is 21.1 Å². The summed E-state index contributed by atoms with van der Waals surface area (Å²) in [6.45, 7) is 3.48. The van der Waals surface area contributed by atoms with E-state index >= 15 is 0 Å². The van der Waals surface area contributed by atoms with Gasteiger partial charge in [-0.25, -0.2) is 9.37 Å². The molecule has 0 saturated heterocycles. The fourth-order valence-electron chi connectivity index (χ4n) is 1.65. The highest BCUT2D eigenvalue weighted by Crippen LogP contribution is 2.12. The molecule has 2 aromatic rings. The summed E-state index contributed by atoms with van der Waals surface area (Å²) >= 11 is 0. The van der Waals surface area contributed by atoms with Gasteiger partial charge in [-0.1, -0.05) is 0 Å². The molecule has 94 valence electrons. The van der Waals surface area contributed by atoms with Crippen LogP contribution in [0.25, 0.3) is 0 Å². The maximum Gasteiger partial charge on any atom is 0.252 e. The average molecular weight is 248 g/mol. The number of hydrogen-bond acceptors (Lipinski definition) is 3. The summed E-state index contributed by atoms with van der Waals surface area (Å²) in [6.07, 6.45) is 1.38. The van der Waals surface area contributed by atoms with Crippen LogP contribution in [0.15, 0.2) is 24.5 Å². The topological polar surface area (TPSA) is 70.7 Å². The zero-order chi connectivity index (χ0) is 13.1. The quantitative estimate of drug-likeness (QED) is 0.869. The molecule has 1 heterocycles. The molecule has 2 rings (SSSR count). The van der Waals surface area contributed by atoms with Crippen LogP contribution in [0.2, 0.25) is 0 Å². The first-order valence-electron chi connectivity index (χ1n) is 5.50. The second kappa shape index (κ2) is 4.95. The maximum atomic E-state index is 12.9. The minimum absolute atomic E-state index is 0.267. The van der Waals surface area contributed by atoms with E-state index in [1.807, 2.05) is 0 Å². The average Bonchev–Trinajstić information content (AvgIpc) is 2.81. The summed E-state index contributed by atoms with van der Waals surface area (Å²) in [6, 6.07) is 3.77. The SMILES string of the molecule is Cc1cc(F)ccc1C(=O)NC(C)c1ncn[nH]1. The molecule has 1 aromatic carbocycles. The second-order valence-electron chi connectivity index (χ2n) is 4.03. The molecule has 1 atom stereocenters. The van der Waals surface area contributed by atoms with E-state index in [9.17, 15) is 9.18 Å². The van der Waals surface area contributed by atoms with Crippen LogP contribution in [0.4, 0.5) is 4.39 Å². The van der Waals surface area contributed by atoms with Crippen LogP contribution in [0.5, 0.6) is 0 Å². The van der Waals surface area contributed by atoms with E-state index in [2.05, 4.69) is 20.5 Å². The Balaban J connectivity index is 2.12. The Morgan fingerprint density at radius 1 is 1.50 bits per heavy atom. The summed E-state index contributed by atoms with van der Waals surface area (Å²) in [5, 5.41) is 9.16. The summed E-state index contributed by atoms with van der Waals surface area (Å²) in [5.74, 6) is -0.0492. The van der Waals surface area contributed by atoms with E-state index in [0.717, 1.165) is 0 Å². The van der Waals surface area contributed by atoms with E-state index in [1.165, 1.54) is 24.5 Å². The fourth-order valence-corrected chi connectivity index (χ4v) is 1.65. The molecule has 0 bridgehead atoms. The Morgan fingerprint density at radius 2 is 2.28 bits per heavy atom. The van der Waals surface area contributed by atoms with Gasteiger partial charge >= 0.3 is 0 Å². The van der Waals surface area contributed by atoms with E-state index in [-0.39, 0.29) is 17.8 Å². The van der Waals surface area contributed by atoms with Crippen molar-refractivity contribution in [3.63, 3.8) is 0 Å². The predicted octanol–water partition coefficient (Wildman–Crippen LogP) is 1.74. The number of benzene rings is 1. The Labute approximate surface area is 103 Å². The lowest BCUT2D eigenvalue weighted by molar-refractivity contribution is 0.0937. The minimum atomic E-state index is -0.354. The number of amides is 1. The lowest BCUT2D eigenvalue weighted by Crippen LogP contribution is -2.28. The number of carbonyl (C=O) groups is 1. The van der Waals surface area contributed by atoms with Crippen molar-refractivity contribution < 1.29 is 9.18 Å². The molecule has 1 amide bonds. The molecule has 1 aromatic heterocycles. The molecule has 18 heavy (non-hydrogen) atoms. The van der Waals surface area contributed by atoms with Gasteiger partial charge in [0, 0.05) is 5.56 Å². The molecule has 0 radical (unpaired) electrons. The van der Waals surface area contributed by atoms with E-state index in [1.54, 1.807) is 13.8 Å². The number of halogens is 1. The van der Waals surface area contributed by atoms with Crippen molar-refractivity contribution in [1.82, 2.24) is 20.5 Å². The Morgan fingerprint density at radius 3 is 2.89 bits per heavy atom. The highest BCUT2D eigenvalue weighted by Gasteiger charge is 2.15. The van der Waals surface area contributed by atoms with E-state index in [0.29, 0.717) is 17.0 Å². The van der Waals surface area contributed by atoms with Crippen molar-refractivity contribution in [1.29, 1.82) is 0 Å². The molecule has 0 saturated carbocycles. The van der Waals surface area contributed by atoms with Crippen LogP contribution in [-0.2, 0) is 0 Å². The van der Waals surface area contributed by atoms with Crippen molar-refractivity contribution in [2.75, 3.05) is 0 Å². The van der Waals surface area contributed by atoms with Gasteiger partial charge in [0.25, 0.3) is 5.91 Å². The number of rotatable bonds is 3. The molecular weight excluding hydrogens is 235 g/mol. The van der Waals surface area contributed by atoms with Crippen LogP contribution in [0, 0.1) is 12.7 Å². The number of aryl methyl sites for hydroxylation is 1. The van der Waals surface area contributed by atoms with Crippen LogP contribution in [0.1, 0.15) is 34.7 Å². The van der Waals surface area contributed by atoms with Gasteiger partial charge in [-0.3, -0.25) is 9.89 Å². The molecule has 6 heteroatoms. The largest absolute Gasteiger partial charge is 0.342 e. The third-order valence-corrected chi connectivity index (χ3v) is 2.62. The Kier molecular flexibility index (Phi) is 3.36. The van der Waals surface area contributed by atoms with Gasteiger partial charge in [0.05, 0.1) is 6.04 Å². The molecule has 2 N–H and O–H groups in total. The minimum Gasteiger partial charge on any atom is -0.342 e. The van der Waals surface area contributed by atoms with Crippen LogP contribution < -0.4 is 5.32 Å². The van der Waals surface area contributed by atoms with Crippen molar-refractivity contribution in [2.45, 2.75) is 19.9 Å². The Bertz CT molecular complexity index is 553. The molecule has 5 nitrogen and oxygen atoms in total. The monoisotopic (exact) mass is 248 g/mol. The lowest BCUT2D eigenvalue weighted by Gasteiger charge is -2.12. The van der Waals surface area contributed by atoms with Gasteiger partial charge in [-0.2, -0.15) is 5.10 Å². The van der Waals surface area contributed by atoms with Crippen molar-refractivity contribution in [2.24, 2.45) is 0 Å². The highest BCUT2D eigenvalue weighted by molar-refractivity contribution is 5.95. The zero-order valence-electron chi connectivity index (χ0n) is 10.1. The summed E-state index contributed by atoms with van der Waals surface area (Å²) in [5.41, 5.74) is 1.04. The first-order chi connectivity index (χ1) is 8.58. The standard InChI is InChI=1S/C12H13FN4O/c1-7-5-9(13)3-4-10(7)12(18)16-8(2)11-14-6-15-17-11/h3-6,8H,1-2H3,(H,16,18)(H,14,15,17). The van der Waals surface area contributed by atoms with Crippen LogP contribution >= 0.6 is 0 Å². The molecular formula is C12H13FN4O. The smallest absolute Gasteiger partial charge is 0.252 e. The van der Waals surface area contributed by atoms with Gasteiger partial charge in [0.2, 0.25) is 0 Å². The van der Waals surface area contributed by atoms with Crippen molar-refractivity contribution in [3.8, 4) is 0 Å². The summed E-state index contributed by atoms with van der Waals surface area (Å²) < 4.78 is 12.9. The molecule has 0 aliphatic carbocycles. The first kappa shape index (κ1) is 12.2. The number of hydrogen-bond donors (Lipinski definition) is 2. The van der Waals surface area contributed by atoms with E-state index in [4.69, 9.17) is 0 Å². The van der Waals surface area contributed by atoms with Gasteiger partial charge in [0.15, 0.2) is 0 Å². The third-order valence-electron chi connectivity index (χ3n) is 2.62. The fraction of sp³-hybridized carbons (Fsp3) is 0.250. The normalized spacial score (nSPS) is 12.2. The molecule has 1 unspecified atom stereocenters. The molecule has 0 aliphatic rings. The number of nitrogens with zero attached hydrogens (tertiary/aromatic N) is 2. The summed E-state index contributed by atoms with van der Waals surface area (Å²) in [4.78, 5) is 15.9. The van der Waals surface area contributed by atoms with Crippen molar-refractivity contribution >= 4 is 5.91 Å². The maximum absolute atomic E-state index is 12.9. The first-order valence-corrected chi connectivity index (χ1v) is 5.50. The van der Waals surface area contributed by atoms with Crippen molar-refractivity contribution in [3.05, 3.63) is 47.3 Å². The number of aromatic amines is 1. The second-order valence-corrected chi connectivity index (χ2v) is 4.03. The molecule has 0 fully saturated rings. The van der Waals surface area contributed by atoms with E-state index < -0.39 is 0 Å². The molecule has 0 aliphatic heterocycles. The number of H-pyrrole nitrogens is 1. The van der Waals surface area contributed by atoms with Gasteiger partial charge < -0.3 is 5.32 Å². The molecule has 0 spiro atoms. The lowest BCUT2D eigenvalue weighted by atomic mass is 10.1. The van der Waals surface area contributed by atoms with Gasteiger partial charge in [0.1, 0.15) is 18.0 Å². The van der Waals surface area contributed by atoms with Gasteiger partial charge in [-0.15, -0.1) is 0 Å². The van der Waals surface area contributed by atoms with Gasteiger partial charge in [-0.05, 0) is 37.6 Å².